The number of aliphatic carboxylic acids is 1. The van der Waals surface area contributed by atoms with Crippen molar-refractivity contribution in [2.45, 2.75) is 39.2 Å². The monoisotopic (exact) mass is 333 g/mol. The lowest BCUT2D eigenvalue weighted by Crippen LogP contribution is -2.43. The molecule has 0 saturated carbocycles. The number of carbonyl (C=O) groups is 3. The molecule has 7 nitrogen and oxygen atoms in total. The van der Waals surface area contributed by atoms with Gasteiger partial charge >= 0.3 is 5.97 Å². The number of hydrogen-bond donors (Lipinski definition) is 1. The fourth-order valence-corrected chi connectivity index (χ4v) is 3.01. The van der Waals surface area contributed by atoms with Crippen molar-refractivity contribution in [2.24, 2.45) is 0 Å². The Morgan fingerprint density at radius 3 is 2.62 bits per heavy atom. The van der Waals surface area contributed by atoms with Gasteiger partial charge in [0.1, 0.15) is 6.54 Å². The van der Waals surface area contributed by atoms with Gasteiger partial charge in [-0.1, -0.05) is 0 Å². The first-order chi connectivity index (χ1) is 11.4. The maximum absolute atomic E-state index is 12.6. The van der Waals surface area contributed by atoms with Crippen molar-refractivity contribution < 1.29 is 19.5 Å². The van der Waals surface area contributed by atoms with Gasteiger partial charge in [0.05, 0.1) is 5.56 Å². The molecule has 2 heterocycles. The number of carboxylic acids is 1. The van der Waals surface area contributed by atoms with Crippen molar-refractivity contribution in [3.8, 4) is 0 Å². The van der Waals surface area contributed by atoms with E-state index in [4.69, 9.17) is 5.11 Å². The summed E-state index contributed by atoms with van der Waals surface area (Å²) in [5, 5.41) is 8.98. The van der Waals surface area contributed by atoms with E-state index in [1.165, 1.54) is 11.8 Å². The second-order valence-electron chi connectivity index (χ2n) is 6.11. The number of nitrogens with zero attached hydrogens (tertiary/aromatic N) is 3. The summed E-state index contributed by atoms with van der Waals surface area (Å²) >= 11 is 0. The normalized spacial score (nSPS) is 17.9. The molecule has 1 fully saturated rings. The Kier molecular flexibility index (Phi) is 5.89. The molecule has 130 valence electrons. The number of aromatic nitrogens is 1. The predicted molar refractivity (Wildman–Crippen MR) is 87.5 cm³/mol. The fourth-order valence-electron chi connectivity index (χ4n) is 3.01. The quantitative estimate of drug-likeness (QED) is 0.897. The van der Waals surface area contributed by atoms with Crippen molar-refractivity contribution in [1.29, 1.82) is 0 Å². The van der Waals surface area contributed by atoms with E-state index in [1.54, 1.807) is 23.2 Å². The van der Waals surface area contributed by atoms with Gasteiger partial charge in [-0.25, -0.2) is 0 Å². The second-order valence-corrected chi connectivity index (χ2v) is 6.11. The lowest BCUT2D eigenvalue weighted by molar-refractivity contribution is -0.145. The molecule has 1 atom stereocenters. The minimum atomic E-state index is -1.02. The Balaban J connectivity index is 2.03. The van der Waals surface area contributed by atoms with Gasteiger partial charge in [0, 0.05) is 37.9 Å². The molecule has 0 spiro atoms. The van der Waals surface area contributed by atoms with Crippen molar-refractivity contribution >= 4 is 17.8 Å². The zero-order valence-corrected chi connectivity index (χ0v) is 14.1. The summed E-state index contributed by atoms with van der Waals surface area (Å²) in [6.07, 6.45) is 3.59. The molecule has 1 aliphatic rings. The summed E-state index contributed by atoms with van der Waals surface area (Å²) in [6, 6.07) is 3.42. The van der Waals surface area contributed by atoms with Gasteiger partial charge in [-0.3, -0.25) is 19.4 Å². The largest absolute Gasteiger partial charge is 0.480 e. The van der Waals surface area contributed by atoms with Gasteiger partial charge < -0.3 is 14.9 Å². The second kappa shape index (κ2) is 7.90. The summed E-state index contributed by atoms with van der Waals surface area (Å²) in [7, 11) is 0. The van der Waals surface area contributed by atoms with Crippen molar-refractivity contribution in [2.75, 3.05) is 19.6 Å². The van der Waals surface area contributed by atoms with E-state index < -0.39 is 5.97 Å². The Morgan fingerprint density at radius 1 is 1.29 bits per heavy atom. The number of pyridine rings is 1. The topological polar surface area (TPSA) is 90.8 Å². The van der Waals surface area contributed by atoms with Gasteiger partial charge in [-0.05, 0) is 38.3 Å². The van der Waals surface area contributed by atoms with E-state index in [0.29, 0.717) is 31.5 Å². The SMILES string of the molecule is CC(=O)N(CC(=O)O)C1CCCN(C(=O)c2ccc(C)nc2)CC1. The van der Waals surface area contributed by atoms with Crippen LogP contribution in [0.4, 0.5) is 0 Å². The maximum atomic E-state index is 12.6. The third-order valence-corrected chi connectivity index (χ3v) is 4.29. The molecule has 1 aromatic rings. The van der Waals surface area contributed by atoms with Gasteiger partial charge in [-0.15, -0.1) is 0 Å². The first-order valence-corrected chi connectivity index (χ1v) is 8.09. The highest BCUT2D eigenvalue weighted by molar-refractivity contribution is 5.94. The lowest BCUT2D eigenvalue weighted by atomic mass is 10.1. The van der Waals surface area contributed by atoms with E-state index >= 15 is 0 Å². The predicted octanol–water partition coefficient (Wildman–Crippen LogP) is 1.32. The highest BCUT2D eigenvalue weighted by Gasteiger charge is 2.27. The van der Waals surface area contributed by atoms with Crippen molar-refractivity contribution in [1.82, 2.24) is 14.8 Å². The van der Waals surface area contributed by atoms with E-state index in [0.717, 1.165) is 12.1 Å². The molecule has 0 radical (unpaired) electrons. The fraction of sp³-hybridized carbons (Fsp3) is 0.529. The smallest absolute Gasteiger partial charge is 0.323 e. The molecular weight excluding hydrogens is 310 g/mol. The van der Waals surface area contributed by atoms with Crippen molar-refractivity contribution in [3.63, 3.8) is 0 Å². The molecule has 2 amide bonds. The third kappa shape index (κ3) is 4.53. The van der Waals surface area contributed by atoms with Crippen molar-refractivity contribution in [3.05, 3.63) is 29.6 Å². The van der Waals surface area contributed by atoms with Crippen LogP contribution < -0.4 is 0 Å². The van der Waals surface area contributed by atoms with Crippen LogP contribution in [-0.4, -0.2) is 63.4 Å². The van der Waals surface area contributed by atoms with Crippen LogP contribution in [0, 0.1) is 6.92 Å². The maximum Gasteiger partial charge on any atom is 0.323 e. The number of rotatable bonds is 4. The molecule has 7 heteroatoms. The number of likely N-dealkylation sites (tertiary alicyclic amines) is 1. The zero-order chi connectivity index (χ0) is 17.7. The van der Waals surface area contributed by atoms with E-state index in [-0.39, 0.29) is 24.4 Å². The number of carboxylic acid groups (broad SMARTS) is 1. The lowest BCUT2D eigenvalue weighted by Gasteiger charge is -2.28. The van der Waals surface area contributed by atoms with Crippen LogP contribution in [0.1, 0.15) is 42.2 Å². The minimum absolute atomic E-state index is 0.0734. The molecule has 0 aromatic carbocycles. The number of carbonyl (C=O) groups excluding carboxylic acids is 2. The highest BCUT2D eigenvalue weighted by atomic mass is 16.4. The average Bonchev–Trinajstić information content (AvgIpc) is 2.78. The zero-order valence-electron chi connectivity index (χ0n) is 14.1. The Hall–Kier alpha value is -2.44. The van der Waals surface area contributed by atoms with E-state index in [2.05, 4.69) is 4.98 Å². The van der Waals surface area contributed by atoms with Crippen LogP contribution in [0.5, 0.6) is 0 Å². The number of hydrogen-bond acceptors (Lipinski definition) is 4. The van der Waals surface area contributed by atoms with Crippen LogP contribution in [0.3, 0.4) is 0 Å². The molecule has 0 aliphatic carbocycles. The molecule has 1 aromatic heterocycles. The molecule has 0 bridgehead atoms. The van der Waals surface area contributed by atoms with Crippen LogP contribution in [-0.2, 0) is 9.59 Å². The molecule has 2 rings (SSSR count). The standard InChI is InChI=1S/C17H23N3O4/c1-12-5-6-14(10-18-12)17(24)19-8-3-4-15(7-9-19)20(13(2)21)11-16(22)23/h5-6,10,15H,3-4,7-9,11H2,1-2H3,(H,22,23). The van der Waals surface area contributed by atoms with Crippen LogP contribution >= 0.6 is 0 Å². The highest BCUT2D eigenvalue weighted by Crippen LogP contribution is 2.19. The molecule has 24 heavy (non-hydrogen) atoms. The Morgan fingerprint density at radius 2 is 2.04 bits per heavy atom. The molecule has 1 saturated heterocycles. The van der Waals surface area contributed by atoms with Crippen LogP contribution in [0.2, 0.25) is 0 Å². The van der Waals surface area contributed by atoms with Crippen LogP contribution in [0.25, 0.3) is 0 Å². The third-order valence-electron chi connectivity index (χ3n) is 4.29. The van der Waals surface area contributed by atoms with Gasteiger partial charge in [0.25, 0.3) is 5.91 Å². The average molecular weight is 333 g/mol. The Bertz CT molecular complexity index is 615. The summed E-state index contributed by atoms with van der Waals surface area (Å²) in [6.45, 7) is 4.05. The summed E-state index contributed by atoms with van der Waals surface area (Å²) in [5.74, 6) is -1.34. The molecule has 1 unspecified atom stereocenters. The molecule has 1 aliphatic heterocycles. The van der Waals surface area contributed by atoms with Gasteiger partial charge in [-0.2, -0.15) is 0 Å². The number of amides is 2. The molecular formula is C17H23N3O4. The first-order valence-electron chi connectivity index (χ1n) is 8.09. The van der Waals surface area contributed by atoms with E-state index in [9.17, 15) is 14.4 Å². The minimum Gasteiger partial charge on any atom is -0.480 e. The summed E-state index contributed by atoms with van der Waals surface area (Å²) in [4.78, 5) is 42.6. The van der Waals surface area contributed by atoms with Gasteiger partial charge in [0.15, 0.2) is 0 Å². The van der Waals surface area contributed by atoms with Crippen LogP contribution in [0.15, 0.2) is 18.3 Å². The Labute approximate surface area is 141 Å². The summed E-state index contributed by atoms with van der Waals surface area (Å²) < 4.78 is 0. The van der Waals surface area contributed by atoms with E-state index in [1.807, 2.05) is 6.92 Å². The molecule has 1 N–H and O–H groups in total. The number of aryl methyl sites for hydroxylation is 1. The first kappa shape index (κ1) is 17.9. The van der Waals surface area contributed by atoms with Gasteiger partial charge in [0.2, 0.25) is 5.91 Å². The summed E-state index contributed by atoms with van der Waals surface area (Å²) in [5.41, 5.74) is 1.40.